The first kappa shape index (κ1) is 17.0. The standard InChI is InChI=1S/C19H18N2O5S/c22-15-12-8-25-19(26-12)16(24-7-10-4-2-1-3-5-10)14(15)13-6-11-17(23)20-9-21-18(11)27-13/h1-6,9,12,14-16,19,22H,7-8H2,(H,20,21,23)/t12-,14-,15-,16+,19-/m1/s1. The highest BCUT2D eigenvalue weighted by Gasteiger charge is 2.51. The molecule has 0 saturated carbocycles. The lowest BCUT2D eigenvalue weighted by atomic mass is 9.88. The molecule has 2 aliphatic rings. The number of hydrogen-bond donors (Lipinski definition) is 2. The lowest BCUT2D eigenvalue weighted by Crippen LogP contribution is -2.49. The third kappa shape index (κ3) is 2.99. The van der Waals surface area contributed by atoms with Crippen LogP contribution in [0.5, 0.6) is 0 Å². The van der Waals surface area contributed by atoms with Crippen LogP contribution >= 0.6 is 11.3 Å². The molecule has 2 N–H and O–H groups in total. The number of hydrogen-bond acceptors (Lipinski definition) is 7. The first-order valence-corrected chi connectivity index (χ1v) is 9.60. The number of nitrogens with zero attached hydrogens (tertiary/aromatic N) is 1. The smallest absolute Gasteiger partial charge is 0.259 e. The van der Waals surface area contributed by atoms with E-state index in [2.05, 4.69) is 9.97 Å². The fourth-order valence-corrected chi connectivity index (χ4v) is 4.89. The number of benzene rings is 1. The van der Waals surface area contributed by atoms with E-state index >= 15 is 0 Å². The van der Waals surface area contributed by atoms with Crippen molar-refractivity contribution in [3.05, 3.63) is 63.5 Å². The summed E-state index contributed by atoms with van der Waals surface area (Å²) in [7, 11) is 0. The molecule has 2 bridgehead atoms. The molecule has 0 unspecified atom stereocenters. The Bertz CT molecular complexity index is 1000. The van der Waals surface area contributed by atoms with Gasteiger partial charge in [0.1, 0.15) is 17.0 Å². The minimum atomic E-state index is -0.781. The van der Waals surface area contributed by atoms with Crippen molar-refractivity contribution in [1.82, 2.24) is 9.97 Å². The number of aromatic amines is 1. The SMILES string of the molecule is O=c1[nH]cnc2sc([C@@H]3[C@H](O)[C@H]4CO[C@H](O4)[C@H]3OCc3ccccc3)cc12. The molecular formula is C19H18N2O5S. The van der Waals surface area contributed by atoms with Gasteiger partial charge in [0.05, 0.1) is 36.9 Å². The summed E-state index contributed by atoms with van der Waals surface area (Å²) in [4.78, 5) is 20.4. The summed E-state index contributed by atoms with van der Waals surface area (Å²) in [6.45, 7) is 0.712. The van der Waals surface area contributed by atoms with Crippen LogP contribution in [0.15, 0.2) is 47.5 Å². The third-order valence-electron chi connectivity index (χ3n) is 5.07. The van der Waals surface area contributed by atoms with Gasteiger partial charge in [-0.2, -0.15) is 0 Å². The van der Waals surface area contributed by atoms with Crippen molar-refractivity contribution >= 4 is 21.6 Å². The van der Waals surface area contributed by atoms with E-state index in [0.717, 1.165) is 10.4 Å². The minimum absolute atomic E-state index is 0.190. The van der Waals surface area contributed by atoms with Gasteiger partial charge in [0.2, 0.25) is 0 Å². The van der Waals surface area contributed by atoms with Crippen molar-refractivity contribution in [2.45, 2.75) is 37.1 Å². The Morgan fingerprint density at radius 3 is 3.00 bits per heavy atom. The number of rotatable bonds is 4. The van der Waals surface area contributed by atoms with Gasteiger partial charge in [-0.25, -0.2) is 4.98 Å². The zero-order valence-corrected chi connectivity index (χ0v) is 15.1. The monoisotopic (exact) mass is 386 g/mol. The summed E-state index contributed by atoms with van der Waals surface area (Å²) in [5.74, 6) is -0.349. The Morgan fingerprint density at radius 1 is 1.33 bits per heavy atom. The summed E-state index contributed by atoms with van der Waals surface area (Å²) in [5, 5.41) is 11.4. The molecule has 0 amide bonds. The maximum Gasteiger partial charge on any atom is 0.259 e. The summed E-state index contributed by atoms with van der Waals surface area (Å²) >= 11 is 1.40. The Kier molecular flexibility index (Phi) is 4.30. The minimum Gasteiger partial charge on any atom is -0.390 e. The van der Waals surface area contributed by atoms with Crippen molar-refractivity contribution in [1.29, 1.82) is 0 Å². The fraction of sp³-hybridized carbons (Fsp3) is 0.368. The first-order chi connectivity index (χ1) is 13.2. The molecule has 0 radical (unpaired) electrons. The average Bonchev–Trinajstić information content (AvgIpc) is 3.31. The maximum absolute atomic E-state index is 12.1. The molecule has 4 heterocycles. The average molecular weight is 386 g/mol. The van der Waals surface area contributed by atoms with Crippen LogP contribution in [0.1, 0.15) is 16.4 Å². The van der Waals surface area contributed by atoms with E-state index in [9.17, 15) is 9.90 Å². The van der Waals surface area contributed by atoms with Crippen LogP contribution in [0, 0.1) is 0 Å². The van der Waals surface area contributed by atoms with Crippen LogP contribution in [0.2, 0.25) is 0 Å². The van der Waals surface area contributed by atoms with Gasteiger partial charge in [0, 0.05) is 4.88 Å². The molecule has 8 heteroatoms. The van der Waals surface area contributed by atoms with Crippen LogP contribution in [-0.2, 0) is 20.8 Å². The number of ether oxygens (including phenoxy) is 3. The molecule has 140 valence electrons. The quantitative estimate of drug-likeness (QED) is 0.710. The van der Waals surface area contributed by atoms with Crippen molar-refractivity contribution in [2.24, 2.45) is 0 Å². The molecule has 0 spiro atoms. The summed E-state index contributed by atoms with van der Waals surface area (Å²) < 4.78 is 17.6. The first-order valence-electron chi connectivity index (χ1n) is 8.78. The van der Waals surface area contributed by atoms with E-state index in [-0.39, 0.29) is 11.5 Å². The second kappa shape index (κ2) is 6.81. The fourth-order valence-electron chi connectivity index (χ4n) is 3.72. The van der Waals surface area contributed by atoms with E-state index in [1.54, 1.807) is 6.07 Å². The van der Waals surface area contributed by atoms with Crippen molar-refractivity contribution < 1.29 is 19.3 Å². The normalized spacial score (nSPS) is 30.0. The van der Waals surface area contributed by atoms with Gasteiger partial charge in [-0.05, 0) is 11.6 Å². The molecule has 2 aliphatic heterocycles. The van der Waals surface area contributed by atoms with Crippen LogP contribution in [0.4, 0.5) is 0 Å². The Labute approximate surface area is 158 Å². The van der Waals surface area contributed by atoms with Gasteiger partial charge < -0.3 is 24.3 Å². The second-order valence-corrected chi connectivity index (χ2v) is 7.82. The number of H-pyrrole nitrogens is 1. The summed E-state index contributed by atoms with van der Waals surface area (Å²) in [6.07, 6.45) is -0.805. The van der Waals surface area contributed by atoms with E-state index in [1.807, 2.05) is 30.3 Å². The molecule has 3 aromatic rings. The van der Waals surface area contributed by atoms with Gasteiger partial charge in [0.15, 0.2) is 6.29 Å². The molecule has 5 atom stereocenters. The number of aliphatic hydroxyl groups excluding tert-OH is 1. The molecular weight excluding hydrogens is 368 g/mol. The van der Waals surface area contributed by atoms with Gasteiger partial charge in [-0.3, -0.25) is 4.79 Å². The van der Waals surface area contributed by atoms with Crippen molar-refractivity contribution in [3.8, 4) is 0 Å². The molecule has 1 aromatic carbocycles. The highest BCUT2D eigenvalue weighted by Crippen LogP contribution is 2.43. The lowest BCUT2D eigenvalue weighted by Gasteiger charge is -2.38. The van der Waals surface area contributed by atoms with Crippen LogP contribution in [-0.4, -0.2) is 46.3 Å². The van der Waals surface area contributed by atoms with E-state index < -0.39 is 24.6 Å². The number of thiophene rings is 1. The molecule has 2 fully saturated rings. The van der Waals surface area contributed by atoms with Gasteiger partial charge in [-0.1, -0.05) is 30.3 Å². The van der Waals surface area contributed by atoms with E-state index in [1.165, 1.54) is 17.7 Å². The number of fused-ring (bicyclic) bond motifs is 3. The lowest BCUT2D eigenvalue weighted by molar-refractivity contribution is -0.211. The highest BCUT2D eigenvalue weighted by molar-refractivity contribution is 7.18. The van der Waals surface area contributed by atoms with Gasteiger partial charge >= 0.3 is 0 Å². The third-order valence-corrected chi connectivity index (χ3v) is 6.22. The Morgan fingerprint density at radius 2 is 2.19 bits per heavy atom. The second-order valence-electron chi connectivity index (χ2n) is 6.75. The molecule has 7 nitrogen and oxygen atoms in total. The number of nitrogens with one attached hydrogen (secondary N) is 1. The zero-order chi connectivity index (χ0) is 18.4. The number of aliphatic hydroxyl groups is 1. The highest BCUT2D eigenvalue weighted by atomic mass is 32.1. The zero-order valence-electron chi connectivity index (χ0n) is 14.3. The molecule has 5 rings (SSSR count). The van der Waals surface area contributed by atoms with Crippen molar-refractivity contribution in [3.63, 3.8) is 0 Å². The Hall–Kier alpha value is -2.10. The van der Waals surface area contributed by atoms with Crippen LogP contribution in [0.25, 0.3) is 10.2 Å². The van der Waals surface area contributed by atoms with E-state index in [4.69, 9.17) is 14.2 Å². The van der Waals surface area contributed by atoms with Gasteiger partial charge in [-0.15, -0.1) is 11.3 Å². The summed E-state index contributed by atoms with van der Waals surface area (Å²) in [6, 6.07) is 11.6. The molecule has 2 saturated heterocycles. The largest absolute Gasteiger partial charge is 0.390 e. The predicted octanol–water partition coefficient (Wildman–Crippen LogP) is 1.77. The molecule has 0 aliphatic carbocycles. The van der Waals surface area contributed by atoms with Crippen LogP contribution < -0.4 is 5.56 Å². The van der Waals surface area contributed by atoms with Gasteiger partial charge in [0.25, 0.3) is 5.56 Å². The predicted molar refractivity (Wildman–Crippen MR) is 98.6 cm³/mol. The maximum atomic E-state index is 12.1. The number of aromatic nitrogens is 2. The van der Waals surface area contributed by atoms with Crippen molar-refractivity contribution in [2.75, 3.05) is 6.61 Å². The Balaban J connectivity index is 1.50. The van der Waals surface area contributed by atoms with Crippen LogP contribution in [0.3, 0.4) is 0 Å². The molecule has 27 heavy (non-hydrogen) atoms. The topological polar surface area (TPSA) is 93.7 Å². The summed E-state index contributed by atoms with van der Waals surface area (Å²) in [5.41, 5.74) is 0.838. The van der Waals surface area contributed by atoms with E-state index in [0.29, 0.717) is 23.4 Å². The molecule has 2 aromatic heterocycles.